The van der Waals surface area contributed by atoms with E-state index in [0.717, 1.165) is 23.5 Å². The smallest absolute Gasteiger partial charge is 0.211 e. The van der Waals surface area contributed by atoms with E-state index in [2.05, 4.69) is 10.3 Å². The van der Waals surface area contributed by atoms with Gasteiger partial charge in [-0.2, -0.15) is 0 Å². The number of aromatic nitrogens is 1. The van der Waals surface area contributed by atoms with Crippen LogP contribution in [0.4, 0.5) is 0 Å². The first-order valence-corrected chi connectivity index (χ1v) is 8.67. The lowest BCUT2D eigenvalue weighted by Gasteiger charge is -2.39. The van der Waals surface area contributed by atoms with Gasteiger partial charge in [0.15, 0.2) is 0 Å². The minimum Gasteiger partial charge on any atom is -0.308 e. The van der Waals surface area contributed by atoms with Crippen LogP contribution in [0.3, 0.4) is 0 Å². The van der Waals surface area contributed by atoms with Gasteiger partial charge in [-0.05, 0) is 26.8 Å². The van der Waals surface area contributed by atoms with Gasteiger partial charge in [0.2, 0.25) is 10.0 Å². The van der Waals surface area contributed by atoms with E-state index in [-0.39, 0.29) is 5.54 Å². The first-order chi connectivity index (χ1) is 8.37. The van der Waals surface area contributed by atoms with Crippen molar-refractivity contribution in [2.45, 2.75) is 25.3 Å². The number of thiazole rings is 1. The van der Waals surface area contributed by atoms with Gasteiger partial charge >= 0.3 is 0 Å². The van der Waals surface area contributed by atoms with Crippen molar-refractivity contribution in [2.75, 3.05) is 26.4 Å². The standard InChI is InChI=1S/C11H19N3O2S2/c1-9-8-17-10(13-9)11(12-2)4-6-14(7-5-11)18(3,15)16/h8,12H,4-7H2,1-3H3. The van der Waals surface area contributed by atoms with Gasteiger partial charge in [0.25, 0.3) is 0 Å². The summed E-state index contributed by atoms with van der Waals surface area (Å²) in [6, 6.07) is 0. The molecule has 0 radical (unpaired) electrons. The maximum absolute atomic E-state index is 11.5. The van der Waals surface area contributed by atoms with E-state index in [9.17, 15) is 8.42 Å². The molecule has 1 aliphatic rings. The Morgan fingerprint density at radius 3 is 2.44 bits per heavy atom. The highest BCUT2D eigenvalue weighted by atomic mass is 32.2. The molecule has 0 saturated carbocycles. The van der Waals surface area contributed by atoms with Gasteiger partial charge in [0, 0.05) is 24.2 Å². The lowest BCUT2D eigenvalue weighted by Crippen LogP contribution is -2.50. The largest absolute Gasteiger partial charge is 0.308 e. The SMILES string of the molecule is CNC1(c2nc(C)cs2)CCN(S(C)(=O)=O)CC1. The third-order valence-corrected chi connectivity index (χ3v) is 6.02. The molecule has 0 aromatic carbocycles. The molecule has 0 amide bonds. The molecule has 0 spiro atoms. The zero-order valence-corrected chi connectivity index (χ0v) is 12.6. The number of rotatable bonds is 3. The Kier molecular flexibility index (Phi) is 3.77. The van der Waals surface area contributed by atoms with Gasteiger partial charge in [-0.3, -0.25) is 0 Å². The molecule has 18 heavy (non-hydrogen) atoms. The quantitative estimate of drug-likeness (QED) is 0.899. The predicted octanol–water partition coefficient (Wildman–Crippen LogP) is 0.922. The number of hydrogen-bond acceptors (Lipinski definition) is 5. The molecular formula is C11H19N3O2S2. The molecule has 1 aliphatic heterocycles. The topological polar surface area (TPSA) is 62.3 Å². The Hall–Kier alpha value is -0.500. The number of hydrogen-bond donors (Lipinski definition) is 1. The van der Waals surface area contributed by atoms with Crippen molar-refractivity contribution in [1.82, 2.24) is 14.6 Å². The Morgan fingerprint density at radius 1 is 1.44 bits per heavy atom. The second-order valence-electron chi connectivity index (χ2n) is 4.79. The van der Waals surface area contributed by atoms with Crippen LogP contribution >= 0.6 is 11.3 Å². The van der Waals surface area contributed by atoms with Crippen molar-refractivity contribution < 1.29 is 8.42 Å². The summed E-state index contributed by atoms with van der Waals surface area (Å²) in [4.78, 5) is 4.55. The third kappa shape index (κ3) is 2.59. The average molecular weight is 289 g/mol. The summed E-state index contributed by atoms with van der Waals surface area (Å²) in [5, 5.41) is 6.45. The predicted molar refractivity (Wildman–Crippen MR) is 73.2 cm³/mol. The van der Waals surface area contributed by atoms with Crippen LogP contribution in [0.25, 0.3) is 0 Å². The number of nitrogens with zero attached hydrogens (tertiary/aromatic N) is 2. The lowest BCUT2D eigenvalue weighted by atomic mass is 9.89. The molecular weight excluding hydrogens is 270 g/mol. The maximum Gasteiger partial charge on any atom is 0.211 e. The Labute approximate surface area is 112 Å². The Balaban J connectivity index is 2.19. The van der Waals surface area contributed by atoms with Crippen molar-refractivity contribution in [3.8, 4) is 0 Å². The van der Waals surface area contributed by atoms with Crippen molar-refractivity contribution in [1.29, 1.82) is 0 Å². The average Bonchev–Trinajstić information content (AvgIpc) is 2.75. The number of sulfonamides is 1. The van der Waals surface area contributed by atoms with E-state index >= 15 is 0 Å². The number of piperidine rings is 1. The fraction of sp³-hybridized carbons (Fsp3) is 0.727. The molecule has 0 aliphatic carbocycles. The fourth-order valence-electron chi connectivity index (χ4n) is 2.34. The fourth-order valence-corrected chi connectivity index (χ4v) is 4.25. The van der Waals surface area contributed by atoms with Crippen LogP contribution in [-0.4, -0.2) is 44.1 Å². The first-order valence-electron chi connectivity index (χ1n) is 5.94. The van der Waals surface area contributed by atoms with Gasteiger partial charge in [-0.25, -0.2) is 17.7 Å². The zero-order chi connectivity index (χ0) is 13.4. The molecule has 2 rings (SSSR count). The molecule has 1 N–H and O–H groups in total. The van der Waals surface area contributed by atoms with Gasteiger partial charge in [0.05, 0.1) is 11.8 Å². The van der Waals surface area contributed by atoms with Gasteiger partial charge in [-0.1, -0.05) is 0 Å². The van der Waals surface area contributed by atoms with Crippen molar-refractivity contribution in [3.63, 3.8) is 0 Å². The van der Waals surface area contributed by atoms with Crippen LogP contribution in [-0.2, 0) is 15.6 Å². The summed E-state index contributed by atoms with van der Waals surface area (Å²) in [7, 11) is -1.15. The number of nitrogens with one attached hydrogen (secondary N) is 1. The van der Waals surface area contributed by atoms with Gasteiger partial charge < -0.3 is 5.32 Å². The van der Waals surface area contributed by atoms with Crippen LogP contribution in [0.5, 0.6) is 0 Å². The second kappa shape index (κ2) is 4.88. The number of aryl methyl sites for hydroxylation is 1. The highest BCUT2D eigenvalue weighted by Gasteiger charge is 2.39. The van der Waals surface area contributed by atoms with Crippen molar-refractivity contribution in [3.05, 3.63) is 16.1 Å². The van der Waals surface area contributed by atoms with E-state index in [1.54, 1.807) is 15.6 Å². The molecule has 0 bridgehead atoms. The summed E-state index contributed by atoms with van der Waals surface area (Å²) in [5.41, 5.74) is 0.857. The van der Waals surface area contributed by atoms with E-state index in [1.165, 1.54) is 6.26 Å². The molecule has 1 aromatic rings. The van der Waals surface area contributed by atoms with Crippen LogP contribution in [0.2, 0.25) is 0 Å². The van der Waals surface area contributed by atoms with Crippen LogP contribution in [0, 0.1) is 6.92 Å². The van der Waals surface area contributed by atoms with Gasteiger partial charge in [0.1, 0.15) is 5.01 Å². The monoisotopic (exact) mass is 289 g/mol. The van der Waals surface area contributed by atoms with E-state index in [0.29, 0.717) is 13.1 Å². The molecule has 0 unspecified atom stereocenters. The third-order valence-electron chi connectivity index (χ3n) is 3.55. The summed E-state index contributed by atoms with van der Waals surface area (Å²) in [6.07, 6.45) is 2.81. The van der Waals surface area contributed by atoms with Gasteiger partial charge in [-0.15, -0.1) is 11.3 Å². The highest BCUT2D eigenvalue weighted by Crippen LogP contribution is 2.35. The molecule has 2 heterocycles. The van der Waals surface area contributed by atoms with Crippen LogP contribution < -0.4 is 5.32 Å². The van der Waals surface area contributed by atoms with E-state index in [1.807, 2.05) is 19.4 Å². The van der Waals surface area contributed by atoms with Crippen LogP contribution in [0.15, 0.2) is 5.38 Å². The summed E-state index contributed by atoms with van der Waals surface area (Å²) >= 11 is 1.65. The van der Waals surface area contributed by atoms with Crippen molar-refractivity contribution in [2.24, 2.45) is 0 Å². The summed E-state index contributed by atoms with van der Waals surface area (Å²) in [5.74, 6) is 0. The Morgan fingerprint density at radius 2 is 2.06 bits per heavy atom. The lowest BCUT2D eigenvalue weighted by molar-refractivity contribution is 0.203. The second-order valence-corrected chi connectivity index (χ2v) is 7.63. The molecule has 0 atom stereocenters. The van der Waals surface area contributed by atoms with Crippen molar-refractivity contribution >= 4 is 21.4 Å². The van der Waals surface area contributed by atoms with Crippen LogP contribution in [0.1, 0.15) is 23.5 Å². The zero-order valence-electron chi connectivity index (χ0n) is 10.9. The molecule has 7 heteroatoms. The molecule has 102 valence electrons. The van der Waals surface area contributed by atoms with E-state index in [4.69, 9.17) is 0 Å². The Bertz CT molecular complexity index is 516. The molecule has 1 fully saturated rings. The molecule has 1 saturated heterocycles. The molecule has 1 aromatic heterocycles. The minimum atomic E-state index is -3.07. The summed E-state index contributed by atoms with van der Waals surface area (Å²) < 4.78 is 24.6. The van der Waals surface area contributed by atoms with E-state index < -0.39 is 10.0 Å². The maximum atomic E-state index is 11.5. The first kappa shape index (κ1) is 13.9. The highest BCUT2D eigenvalue weighted by molar-refractivity contribution is 7.88. The summed E-state index contributed by atoms with van der Waals surface area (Å²) in [6.45, 7) is 3.09. The molecule has 5 nitrogen and oxygen atoms in total. The normalized spacial score (nSPS) is 21.1. The minimum absolute atomic E-state index is 0.167.